The molecule has 1 amide bonds. The molecule has 20 heavy (non-hydrogen) atoms. The van der Waals surface area contributed by atoms with Gasteiger partial charge in [-0.3, -0.25) is 4.79 Å². The number of pyridine rings is 1. The fourth-order valence-corrected chi connectivity index (χ4v) is 1.74. The first-order valence-corrected chi connectivity index (χ1v) is 6.18. The van der Waals surface area contributed by atoms with Crippen LogP contribution in [0, 0.1) is 0 Å². The lowest BCUT2D eigenvalue weighted by Gasteiger charge is -2.05. The third-order valence-electron chi connectivity index (χ3n) is 2.76. The van der Waals surface area contributed by atoms with Crippen LogP contribution >= 0.6 is 0 Å². The minimum absolute atomic E-state index is 0.0957. The molecule has 5 heteroatoms. The van der Waals surface area contributed by atoms with E-state index in [4.69, 9.17) is 5.11 Å². The molecule has 102 valence electrons. The number of benzene rings is 1. The van der Waals surface area contributed by atoms with E-state index in [0.29, 0.717) is 12.8 Å². The highest BCUT2D eigenvalue weighted by atomic mass is 16.4. The van der Waals surface area contributed by atoms with Gasteiger partial charge in [0.1, 0.15) is 5.82 Å². The van der Waals surface area contributed by atoms with Gasteiger partial charge in [0.15, 0.2) is 0 Å². The van der Waals surface area contributed by atoms with E-state index in [1.54, 1.807) is 0 Å². The number of anilines is 1. The zero-order valence-electron chi connectivity index (χ0n) is 10.7. The molecule has 0 bridgehead atoms. The maximum absolute atomic E-state index is 11.8. The van der Waals surface area contributed by atoms with Gasteiger partial charge >= 0.3 is 5.97 Å². The average molecular weight is 270 g/mol. The summed E-state index contributed by atoms with van der Waals surface area (Å²) in [4.78, 5) is 26.5. The van der Waals surface area contributed by atoms with E-state index in [1.807, 2.05) is 30.3 Å². The molecule has 0 saturated carbocycles. The molecule has 1 aromatic carbocycles. The summed E-state index contributed by atoms with van der Waals surface area (Å²) in [6, 6.07) is 12.4. The molecule has 0 spiro atoms. The van der Waals surface area contributed by atoms with Gasteiger partial charge in [0.2, 0.25) is 5.91 Å². The lowest BCUT2D eigenvalue weighted by Crippen LogP contribution is -2.14. The Morgan fingerprint density at radius 3 is 2.60 bits per heavy atom. The first-order chi connectivity index (χ1) is 9.65. The summed E-state index contributed by atoms with van der Waals surface area (Å²) in [6.07, 6.45) is 2.31. The number of hydrogen-bond donors (Lipinski definition) is 2. The van der Waals surface area contributed by atoms with Crippen LogP contribution in [0.5, 0.6) is 0 Å². The van der Waals surface area contributed by atoms with Crippen LogP contribution in [0.3, 0.4) is 0 Å². The molecule has 0 saturated heterocycles. The third-order valence-corrected chi connectivity index (χ3v) is 2.76. The van der Waals surface area contributed by atoms with E-state index >= 15 is 0 Å². The predicted octanol–water partition coefficient (Wildman–Crippen LogP) is 2.35. The van der Waals surface area contributed by atoms with Gasteiger partial charge in [0, 0.05) is 12.6 Å². The zero-order chi connectivity index (χ0) is 14.4. The number of carbonyl (C=O) groups is 2. The van der Waals surface area contributed by atoms with Gasteiger partial charge in [-0.1, -0.05) is 30.3 Å². The van der Waals surface area contributed by atoms with Crippen molar-refractivity contribution in [3.8, 4) is 0 Å². The number of amides is 1. The van der Waals surface area contributed by atoms with Crippen LogP contribution in [0.4, 0.5) is 5.82 Å². The largest absolute Gasteiger partial charge is 0.478 e. The number of carboxylic acids is 1. The Kier molecular flexibility index (Phi) is 4.44. The maximum atomic E-state index is 11.8. The molecule has 0 radical (unpaired) electrons. The number of nitrogens with one attached hydrogen (secondary N) is 1. The highest BCUT2D eigenvalue weighted by molar-refractivity contribution is 5.92. The smallest absolute Gasteiger partial charge is 0.335 e. The van der Waals surface area contributed by atoms with Gasteiger partial charge in [0.05, 0.1) is 5.56 Å². The number of aromatic nitrogens is 1. The van der Waals surface area contributed by atoms with Crippen LogP contribution < -0.4 is 5.32 Å². The highest BCUT2D eigenvalue weighted by Gasteiger charge is 2.07. The van der Waals surface area contributed by atoms with Gasteiger partial charge in [-0.2, -0.15) is 0 Å². The van der Waals surface area contributed by atoms with Crippen molar-refractivity contribution in [3.63, 3.8) is 0 Å². The Morgan fingerprint density at radius 1 is 1.15 bits per heavy atom. The van der Waals surface area contributed by atoms with Gasteiger partial charge in [0.25, 0.3) is 0 Å². The minimum atomic E-state index is -1.05. The van der Waals surface area contributed by atoms with E-state index in [-0.39, 0.29) is 17.3 Å². The van der Waals surface area contributed by atoms with Crippen molar-refractivity contribution < 1.29 is 14.7 Å². The van der Waals surface area contributed by atoms with Crippen LogP contribution in [0.25, 0.3) is 0 Å². The zero-order valence-corrected chi connectivity index (χ0v) is 10.7. The van der Waals surface area contributed by atoms with Crippen molar-refractivity contribution >= 4 is 17.7 Å². The molecule has 2 rings (SSSR count). The van der Waals surface area contributed by atoms with Crippen molar-refractivity contribution in [2.75, 3.05) is 5.32 Å². The van der Waals surface area contributed by atoms with E-state index in [9.17, 15) is 9.59 Å². The summed E-state index contributed by atoms with van der Waals surface area (Å²) in [5.41, 5.74) is 1.17. The SMILES string of the molecule is O=C(CCc1ccccc1)Nc1cc(C(=O)O)ccn1. The van der Waals surface area contributed by atoms with Crippen LogP contribution in [-0.2, 0) is 11.2 Å². The minimum Gasteiger partial charge on any atom is -0.478 e. The topological polar surface area (TPSA) is 79.3 Å². The van der Waals surface area contributed by atoms with Crippen LogP contribution in [0.2, 0.25) is 0 Å². The number of rotatable bonds is 5. The van der Waals surface area contributed by atoms with E-state index in [1.165, 1.54) is 18.3 Å². The Labute approximate surface area is 116 Å². The lowest BCUT2D eigenvalue weighted by molar-refractivity contribution is -0.116. The molecule has 1 aromatic heterocycles. The number of aryl methyl sites for hydroxylation is 1. The quantitative estimate of drug-likeness (QED) is 0.874. The van der Waals surface area contributed by atoms with Crippen LogP contribution in [0.1, 0.15) is 22.3 Å². The predicted molar refractivity (Wildman–Crippen MR) is 74.6 cm³/mol. The van der Waals surface area contributed by atoms with Gasteiger partial charge in [-0.05, 0) is 24.1 Å². The standard InChI is InChI=1S/C15H14N2O3/c18-14(7-6-11-4-2-1-3-5-11)17-13-10-12(15(19)20)8-9-16-13/h1-5,8-10H,6-7H2,(H,19,20)(H,16,17,18). The van der Waals surface area contributed by atoms with Crippen LogP contribution in [0.15, 0.2) is 48.7 Å². The number of hydrogen-bond acceptors (Lipinski definition) is 3. The third kappa shape index (κ3) is 3.91. The second kappa shape index (κ2) is 6.47. The summed E-state index contributed by atoms with van der Waals surface area (Å²) in [5, 5.41) is 11.4. The molecule has 1 heterocycles. The summed E-state index contributed by atoms with van der Waals surface area (Å²) in [5.74, 6) is -0.987. The molecule has 2 aromatic rings. The van der Waals surface area contributed by atoms with Gasteiger partial charge in [-0.15, -0.1) is 0 Å². The van der Waals surface area contributed by atoms with Crippen molar-refractivity contribution in [2.24, 2.45) is 0 Å². The molecular formula is C15H14N2O3. The first kappa shape index (κ1) is 13.7. The molecule has 5 nitrogen and oxygen atoms in total. The van der Waals surface area contributed by atoms with E-state index < -0.39 is 5.97 Å². The first-order valence-electron chi connectivity index (χ1n) is 6.18. The highest BCUT2D eigenvalue weighted by Crippen LogP contribution is 2.08. The van der Waals surface area contributed by atoms with Gasteiger partial charge < -0.3 is 10.4 Å². The molecule has 0 aliphatic rings. The fourth-order valence-electron chi connectivity index (χ4n) is 1.74. The fraction of sp³-hybridized carbons (Fsp3) is 0.133. The summed E-state index contributed by atoms with van der Waals surface area (Å²) >= 11 is 0. The van der Waals surface area contributed by atoms with E-state index in [0.717, 1.165) is 5.56 Å². The Bertz CT molecular complexity index is 612. The lowest BCUT2D eigenvalue weighted by atomic mass is 10.1. The molecule has 0 atom stereocenters. The van der Waals surface area contributed by atoms with Crippen molar-refractivity contribution in [1.29, 1.82) is 0 Å². The Morgan fingerprint density at radius 2 is 1.90 bits per heavy atom. The Balaban J connectivity index is 1.91. The second-order valence-corrected chi connectivity index (χ2v) is 4.27. The van der Waals surface area contributed by atoms with Crippen molar-refractivity contribution in [3.05, 3.63) is 59.8 Å². The maximum Gasteiger partial charge on any atom is 0.335 e. The molecular weight excluding hydrogens is 256 g/mol. The average Bonchev–Trinajstić information content (AvgIpc) is 2.46. The van der Waals surface area contributed by atoms with Crippen molar-refractivity contribution in [2.45, 2.75) is 12.8 Å². The molecule has 0 fully saturated rings. The number of carboxylic acid groups (broad SMARTS) is 1. The number of nitrogens with zero attached hydrogens (tertiary/aromatic N) is 1. The molecule has 0 aliphatic carbocycles. The normalized spacial score (nSPS) is 10.0. The second-order valence-electron chi connectivity index (χ2n) is 4.27. The summed E-state index contributed by atoms with van der Waals surface area (Å²) in [6.45, 7) is 0. The van der Waals surface area contributed by atoms with Crippen LogP contribution in [-0.4, -0.2) is 22.0 Å². The molecule has 0 unspecified atom stereocenters. The number of aromatic carboxylic acids is 1. The van der Waals surface area contributed by atoms with E-state index in [2.05, 4.69) is 10.3 Å². The van der Waals surface area contributed by atoms with Crippen molar-refractivity contribution in [1.82, 2.24) is 4.98 Å². The molecule has 2 N–H and O–H groups in total. The molecule has 0 aliphatic heterocycles. The Hall–Kier alpha value is -2.69. The summed E-state index contributed by atoms with van der Waals surface area (Å²) in [7, 11) is 0. The summed E-state index contributed by atoms with van der Waals surface area (Å²) < 4.78 is 0. The monoisotopic (exact) mass is 270 g/mol. The van der Waals surface area contributed by atoms with Gasteiger partial charge in [-0.25, -0.2) is 9.78 Å². The number of carbonyl (C=O) groups excluding carboxylic acids is 1.